The molecule has 0 aromatic rings. The molecular weight excluding hydrogens is 170 g/mol. The normalized spacial score (nSPS) is 8.15. The van der Waals surface area contributed by atoms with Gasteiger partial charge in [0.25, 0.3) is 0 Å². The molecule has 0 radical (unpaired) electrons. The molecule has 4 heteroatoms. The third-order valence-corrected chi connectivity index (χ3v) is 1.11. The molecule has 0 spiro atoms. The summed E-state index contributed by atoms with van der Waals surface area (Å²) in [4.78, 5) is 10.0. The lowest BCUT2D eigenvalue weighted by Gasteiger charge is -1.94. The predicted molar refractivity (Wildman–Crippen MR) is 52.3 cm³/mol. The third-order valence-electron chi connectivity index (χ3n) is 1.11. The molecule has 0 aromatic carbocycles. The van der Waals surface area contributed by atoms with Crippen LogP contribution in [-0.2, 0) is 4.79 Å². The molecular formula is C9H17NO3. The average molecular weight is 187 g/mol. The minimum Gasteiger partial charge on any atom is -0.478 e. The van der Waals surface area contributed by atoms with Gasteiger partial charge in [0.2, 0.25) is 0 Å². The van der Waals surface area contributed by atoms with Crippen molar-refractivity contribution in [2.45, 2.75) is 12.8 Å². The number of aliphatic carboxylic acids is 1. The molecule has 0 saturated heterocycles. The van der Waals surface area contributed by atoms with Crippen LogP contribution in [0.2, 0.25) is 0 Å². The first-order valence-corrected chi connectivity index (χ1v) is 3.93. The Kier molecular flexibility index (Phi) is 12.0. The minimum absolute atomic E-state index is 0.0201. The van der Waals surface area contributed by atoms with E-state index < -0.39 is 5.97 Å². The highest BCUT2D eigenvalue weighted by molar-refractivity contribution is 5.85. The second-order valence-corrected chi connectivity index (χ2v) is 2.26. The van der Waals surface area contributed by atoms with Gasteiger partial charge < -0.3 is 15.9 Å². The summed E-state index contributed by atoms with van der Waals surface area (Å²) >= 11 is 0. The topological polar surface area (TPSA) is 83.5 Å². The first-order chi connectivity index (χ1) is 6.09. The number of carbonyl (C=O) groups is 1. The molecule has 0 aliphatic heterocycles. The molecule has 0 unspecified atom stereocenters. The monoisotopic (exact) mass is 187 g/mol. The van der Waals surface area contributed by atoms with Gasteiger partial charge in [0, 0.05) is 18.7 Å². The van der Waals surface area contributed by atoms with Gasteiger partial charge in [-0.15, -0.1) is 6.58 Å². The molecule has 0 amide bonds. The van der Waals surface area contributed by atoms with Crippen LogP contribution in [0.1, 0.15) is 12.8 Å². The van der Waals surface area contributed by atoms with E-state index in [0.717, 1.165) is 0 Å². The number of hydrogen-bond donors (Lipinski definition) is 3. The molecule has 4 N–H and O–H groups in total. The molecule has 4 nitrogen and oxygen atoms in total. The first-order valence-electron chi connectivity index (χ1n) is 3.93. The summed E-state index contributed by atoms with van der Waals surface area (Å²) < 4.78 is 0. The maximum absolute atomic E-state index is 10.0. The number of hydrogen-bond acceptors (Lipinski definition) is 3. The lowest BCUT2D eigenvalue weighted by atomic mass is 10.2. The molecule has 0 aromatic heterocycles. The van der Waals surface area contributed by atoms with E-state index in [1.54, 1.807) is 6.08 Å². The highest BCUT2D eigenvalue weighted by Crippen LogP contribution is 2.00. The summed E-state index contributed by atoms with van der Waals surface area (Å²) in [5.41, 5.74) is 5.07. The zero-order valence-corrected chi connectivity index (χ0v) is 7.70. The van der Waals surface area contributed by atoms with Crippen LogP contribution in [-0.4, -0.2) is 29.3 Å². The summed E-state index contributed by atoms with van der Waals surface area (Å²) in [6, 6.07) is 0. The molecule has 0 fully saturated rings. The van der Waals surface area contributed by atoms with Crippen molar-refractivity contribution in [1.82, 2.24) is 0 Å². The van der Waals surface area contributed by atoms with Crippen LogP contribution >= 0.6 is 0 Å². The van der Waals surface area contributed by atoms with Crippen molar-refractivity contribution in [2.24, 2.45) is 5.73 Å². The van der Waals surface area contributed by atoms with Crippen LogP contribution in [0.4, 0.5) is 0 Å². The van der Waals surface area contributed by atoms with Crippen molar-refractivity contribution < 1.29 is 15.0 Å². The zero-order valence-electron chi connectivity index (χ0n) is 7.70. The van der Waals surface area contributed by atoms with Gasteiger partial charge in [0.1, 0.15) is 0 Å². The molecule has 0 heterocycles. The predicted octanol–water partition coefficient (Wildman–Crippen LogP) is 0.531. The average Bonchev–Trinajstić information content (AvgIpc) is 2.14. The second kappa shape index (κ2) is 10.9. The van der Waals surface area contributed by atoms with Crippen LogP contribution in [0.25, 0.3) is 0 Å². The van der Waals surface area contributed by atoms with Gasteiger partial charge in [-0.1, -0.05) is 12.7 Å². The van der Waals surface area contributed by atoms with E-state index in [4.69, 9.17) is 15.9 Å². The van der Waals surface area contributed by atoms with Crippen molar-refractivity contribution in [2.75, 3.05) is 13.2 Å². The standard InChI is InChI=1S/C6H10O3.C3H7N/c1-5(6(8)9)3-2-4-7;1-2-3-4/h7H,1-4H2,(H,8,9);2H,1,3-4H2. The van der Waals surface area contributed by atoms with Gasteiger partial charge in [0.15, 0.2) is 0 Å². The minimum atomic E-state index is -0.983. The Bertz CT molecular complexity index is 166. The van der Waals surface area contributed by atoms with Crippen LogP contribution in [0, 0.1) is 0 Å². The second-order valence-electron chi connectivity index (χ2n) is 2.26. The Labute approximate surface area is 78.4 Å². The van der Waals surface area contributed by atoms with Gasteiger partial charge in [-0.3, -0.25) is 0 Å². The lowest BCUT2D eigenvalue weighted by molar-refractivity contribution is -0.132. The van der Waals surface area contributed by atoms with Crippen LogP contribution in [0.3, 0.4) is 0 Å². The zero-order chi connectivity index (χ0) is 10.7. The maximum Gasteiger partial charge on any atom is 0.330 e. The molecule has 0 bridgehead atoms. The Morgan fingerprint density at radius 2 is 2.00 bits per heavy atom. The molecule has 0 rings (SSSR count). The quantitative estimate of drug-likeness (QED) is 0.433. The number of rotatable bonds is 5. The van der Waals surface area contributed by atoms with E-state index in [2.05, 4.69) is 13.2 Å². The number of carboxylic acids is 1. The van der Waals surface area contributed by atoms with Gasteiger partial charge >= 0.3 is 5.97 Å². The Morgan fingerprint density at radius 3 is 2.23 bits per heavy atom. The Hall–Kier alpha value is -1.13. The van der Waals surface area contributed by atoms with E-state index in [0.29, 0.717) is 19.4 Å². The SMILES string of the molecule is C=C(CCCO)C(=O)O.C=CCN. The summed E-state index contributed by atoms with van der Waals surface area (Å²) in [5.74, 6) is -0.983. The van der Waals surface area contributed by atoms with E-state index in [9.17, 15) is 4.79 Å². The van der Waals surface area contributed by atoms with Crippen molar-refractivity contribution in [3.05, 3.63) is 24.8 Å². The maximum atomic E-state index is 10.0. The summed E-state index contributed by atoms with van der Waals surface area (Å²) in [5, 5.41) is 16.5. The summed E-state index contributed by atoms with van der Waals surface area (Å²) in [6.45, 7) is 7.24. The molecule has 76 valence electrons. The lowest BCUT2D eigenvalue weighted by Crippen LogP contribution is -1.99. The van der Waals surface area contributed by atoms with E-state index in [1.807, 2.05) is 0 Å². The van der Waals surface area contributed by atoms with Gasteiger partial charge in [-0.05, 0) is 12.8 Å². The summed E-state index contributed by atoms with van der Waals surface area (Å²) in [6.07, 6.45) is 2.50. The third kappa shape index (κ3) is 13.8. The fraction of sp³-hybridized carbons (Fsp3) is 0.444. The molecule has 13 heavy (non-hydrogen) atoms. The van der Waals surface area contributed by atoms with Gasteiger partial charge in [-0.25, -0.2) is 4.79 Å². The highest BCUT2D eigenvalue weighted by atomic mass is 16.4. The number of aliphatic hydroxyl groups excluding tert-OH is 1. The largest absolute Gasteiger partial charge is 0.478 e. The van der Waals surface area contributed by atoms with E-state index in [-0.39, 0.29) is 12.2 Å². The Morgan fingerprint density at radius 1 is 1.54 bits per heavy atom. The summed E-state index contributed by atoms with van der Waals surface area (Å²) in [7, 11) is 0. The molecule has 0 aliphatic rings. The Balaban J connectivity index is 0. The van der Waals surface area contributed by atoms with Crippen LogP contribution < -0.4 is 5.73 Å². The van der Waals surface area contributed by atoms with E-state index >= 15 is 0 Å². The number of nitrogens with two attached hydrogens (primary N) is 1. The van der Waals surface area contributed by atoms with Crippen LogP contribution in [0.15, 0.2) is 24.8 Å². The highest BCUT2D eigenvalue weighted by Gasteiger charge is 2.00. The molecule has 0 aliphatic carbocycles. The van der Waals surface area contributed by atoms with E-state index in [1.165, 1.54) is 0 Å². The fourth-order valence-corrected chi connectivity index (χ4v) is 0.399. The van der Waals surface area contributed by atoms with Crippen molar-refractivity contribution in [3.63, 3.8) is 0 Å². The van der Waals surface area contributed by atoms with Gasteiger partial charge in [0.05, 0.1) is 0 Å². The first kappa shape index (κ1) is 14.4. The van der Waals surface area contributed by atoms with Crippen molar-refractivity contribution in [3.8, 4) is 0 Å². The van der Waals surface area contributed by atoms with Crippen molar-refractivity contribution in [1.29, 1.82) is 0 Å². The smallest absolute Gasteiger partial charge is 0.330 e. The molecule has 0 atom stereocenters. The van der Waals surface area contributed by atoms with Crippen LogP contribution in [0.5, 0.6) is 0 Å². The number of carboxylic acid groups (broad SMARTS) is 1. The van der Waals surface area contributed by atoms with Crippen molar-refractivity contribution >= 4 is 5.97 Å². The van der Waals surface area contributed by atoms with Gasteiger partial charge in [-0.2, -0.15) is 0 Å². The molecule has 0 saturated carbocycles. The number of aliphatic hydroxyl groups is 1. The fourth-order valence-electron chi connectivity index (χ4n) is 0.399.